The minimum atomic E-state index is -1.56. The van der Waals surface area contributed by atoms with E-state index in [0.717, 1.165) is 38.5 Å². The summed E-state index contributed by atoms with van der Waals surface area (Å²) >= 11 is 0. The standard InChI is InChI=1S/C71H139NO8/c1-3-5-7-9-11-13-15-17-19-21-23-25-27-29-30-31-32-33-34-35-37-38-40-42-44-46-48-50-52-54-56-58-60-65(74)64(63-79-71-70(78)69(77)68(76)66(62-73)80-71)72-67(75)61-59-57-55-53-51-49-47-45-43-41-39-36-28-26-24-22-20-18-16-14-12-10-8-6-4-2/h58,60,64-66,68-71,73-74,76-78H,3-57,59,61-63H2,1-2H3,(H,72,75)/b60-58+. The van der Waals surface area contributed by atoms with Crippen LogP contribution in [0.2, 0.25) is 0 Å². The molecular formula is C71H139NO8. The number of rotatable bonds is 64. The van der Waals surface area contributed by atoms with E-state index in [4.69, 9.17) is 9.47 Å². The molecule has 0 bridgehead atoms. The first-order valence-corrected chi connectivity index (χ1v) is 35.9. The van der Waals surface area contributed by atoms with E-state index < -0.39 is 49.5 Å². The third-order valence-corrected chi connectivity index (χ3v) is 17.6. The molecule has 7 atom stereocenters. The van der Waals surface area contributed by atoms with Crippen LogP contribution in [0.1, 0.15) is 380 Å². The van der Waals surface area contributed by atoms with Gasteiger partial charge in [0.15, 0.2) is 6.29 Å². The van der Waals surface area contributed by atoms with Gasteiger partial charge in [-0.3, -0.25) is 4.79 Å². The van der Waals surface area contributed by atoms with Crippen molar-refractivity contribution < 1.29 is 39.8 Å². The monoisotopic (exact) mass is 1130 g/mol. The molecule has 6 N–H and O–H groups in total. The van der Waals surface area contributed by atoms with E-state index in [0.29, 0.717) is 6.42 Å². The fourth-order valence-corrected chi connectivity index (χ4v) is 12.0. The molecular weight excluding hydrogens is 995 g/mol. The molecule has 9 heteroatoms. The summed E-state index contributed by atoms with van der Waals surface area (Å²) in [6.07, 6.45) is 71.9. The van der Waals surface area contributed by atoms with Gasteiger partial charge in [0, 0.05) is 6.42 Å². The molecule has 1 fully saturated rings. The lowest BCUT2D eigenvalue weighted by Gasteiger charge is -2.40. The number of ether oxygens (including phenoxy) is 2. The Morgan fingerprint density at radius 3 is 0.975 bits per heavy atom. The number of hydrogen-bond donors (Lipinski definition) is 6. The van der Waals surface area contributed by atoms with Crippen molar-refractivity contribution in [2.24, 2.45) is 0 Å². The first kappa shape index (κ1) is 76.9. The first-order valence-electron chi connectivity index (χ1n) is 35.9. The van der Waals surface area contributed by atoms with Gasteiger partial charge in [0.25, 0.3) is 0 Å². The molecule has 0 radical (unpaired) electrons. The fourth-order valence-electron chi connectivity index (χ4n) is 12.0. The molecule has 9 nitrogen and oxygen atoms in total. The molecule has 1 aliphatic rings. The number of carbonyl (C=O) groups is 1. The minimum absolute atomic E-state index is 0.167. The van der Waals surface area contributed by atoms with Crippen molar-refractivity contribution in [3.05, 3.63) is 12.2 Å². The molecule has 1 aliphatic heterocycles. The summed E-state index contributed by atoms with van der Waals surface area (Å²) in [5, 5.41) is 54.8. The van der Waals surface area contributed by atoms with Crippen LogP contribution in [-0.2, 0) is 14.3 Å². The van der Waals surface area contributed by atoms with Gasteiger partial charge in [-0.05, 0) is 19.3 Å². The highest BCUT2D eigenvalue weighted by Crippen LogP contribution is 2.24. The Bertz CT molecular complexity index is 1270. The zero-order valence-corrected chi connectivity index (χ0v) is 53.4. The van der Waals surface area contributed by atoms with Crippen LogP contribution in [0.5, 0.6) is 0 Å². The highest BCUT2D eigenvalue weighted by atomic mass is 16.7. The zero-order valence-electron chi connectivity index (χ0n) is 53.4. The largest absolute Gasteiger partial charge is 0.394 e. The van der Waals surface area contributed by atoms with E-state index in [1.165, 1.54) is 321 Å². The molecule has 0 spiro atoms. The number of carbonyl (C=O) groups excluding carboxylic acids is 1. The summed E-state index contributed by atoms with van der Waals surface area (Å²) in [4.78, 5) is 13.1. The Hall–Kier alpha value is -1.07. The molecule has 476 valence electrons. The van der Waals surface area contributed by atoms with Gasteiger partial charge in [-0.2, -0.15) is 0 Å². The second-order valence-corrected chi connectivity index (χ2v) is 25.4. The van der Waals surface area contributed by atoms with Crippen LogP contribution < -0.4 is 5.32 Å². The van der Waals surface area contributed by atoms with E-state index in [-0.39, 0.29) is 12.5 Å². The van der Waals surface area contributed by atoms with Crippen molar-refractivity contribution >= 4 is 5.91 Å². The summed E-state index contributed by atoms with van der Waals surface area (Å²) in [7, 11) is 0. The fraction of sp³-hybridized carbons (Fsp3) is 0.958. The van der Waals surface area contributed by atoms with Crippen LogP contribution >= 0.6 is 0 Å². The number of amides is 1. The molecule has 0 aromatic heterocycles. The van der Waals surface area contributed by atoms with Crippen LogP contribution in [0, 0.1) is 0 Å². The Kier molecular flexibility index (Phi) is 58.7. The van der Waals surface area contributed by atoms with E-state index in [2.05, 4.69) is 19.2 Å². The molecule has 7 unspecified atom stereocenters. The number of nitrogens with one attached hydrogen (secondary N) is 1. The lowest BCUT2D eigenvalue weighted by atomic mass is 9.99. The third kappa shape index (κ3) is 49.2. The Morgan fingerprint density at radius 2 is 0.688 bits per heavy atom. The van der Waals surface area contributed by atoms with Crippen LogP contribution in [0.25, 0.3) is 0 Å². The van der Waals surface area contributed by atoms with Gasteiger partial charge in [-0.15, -0.1) is 0 Å². The number of allylic oxidation sites excluding steroid dienone is 1. The third-order valence-electron chi connectivity index (χ3n) is 17.6. The van der Waals surface area contributed by atoms with E-state index in [1.54, 1.807) is 6.08 Å². The predicted octanol–water partition coefficient (Wildman–Crippen LogP) is 19.5. The Labute approximate surface area is 496 Å². The van der Waals surface area contributed by atoms with Crippen LogP contribution in [-0.4, -0.2) is 87.5 Å². The molecule has 80 heavy (non-hydrogen) atoms. The molecule has 0 aliphatic carbocycles. The van der Waals surface area contributed by atoms with Gasteiger partial charge in [-0.1, -0.05) is 366 Å². The average Bonchev–Trinajstić information content (AvgIpc) is 3.46. The van der Waals surface area contributed by atoms with Crippen LogP contribution in [0.15, 0.2) is 12.2 Å². The molecule has 1 heterocycles. The van der Waals surface area contributed by atoms with Crippen molar-refractivity contribution in [2.75, 3.05) is 13.2 Å². The normalized spacial score (nSPS) is 18.4. The van der Waals surface area contributed by atoms with Gasteiger partial charge in [0.05, 0.1) is 25.4 Å². The Morgan fingerprint density at radius 1 is 0.412 bits per heavy atom. The zero-order chi connectivity index (χ0) is 57.9. The molecule has 0 saturated carbocycles. The molecule has 1 amide bonds. The number of unbranched alkanes of at least 4 members (excludes halogenated alkanes) is 54. The quantitative estimate of drug-likeness (QED) is 0.0261. The van der Waals surface area contributed by atoms with Gasteiger partial charge in [0.2, 0.25) is 5.91 Å². The predicted molar refractivity (Wildman–Crippen MR) is 341 cm³/mol. The van der Waals surface area contributed by atoms with Gasteiger partial charge in [0.1, 0.15) is 24.4 Å². The minimum Gasteiger partial charge on any atom is -0.394 e. The summed E-state index contributed by atoms with van der Waals surface area (Å²) in [6.45, 7) is 3.85. The molecule has 0 aromatic rings. The summed E-state index contributed by atoms with van der Waals surface area (Å²) in [5.41, 5.74) is 0. The maximum atomic E-state index is 13.1. The number of hydrogen-bond acceptors (Lipinski definition) is 8. The summed E-state index contributed by atoms with van der Waals surface area (Å²) < 4.78 is 11.3. The lowest BCUT2D eigenvalue weighted by molar-refractivity contribution is -0.302. The highest BCUT2D eigenvalue weighted by molar-refractivity contribution is 5.76. The SMILES string of the molecule is CCCCCCCCCCCCCCCCCCCCCCCCCCCCCCCC/C=C/C(O)C(COC1OC(CO)C(O)C(O)C1O)NC(=O)CCCCCCCCCCCCCCCCCCCCCCCCCCC. The average molecular weight is 1130 g/mol. The van der Waals surface area contributed by atoms with Crippen molar-refractivity contribution in [2.45, 2.75) is 423 Å². The van der Waals surface area contributed by atoms with Crippen LogP contribution in [0.3, 0.4) is 0 Å². The van der Waals surface area contributed by atoms with Gasteiger partial charge < -0.3 is 40.3 Å². The highest BCUT2D eigenvalue weighted by Gasteiger charge is 2.44. The van der Waals surface area contributed by atoms with Crippen molar-refractivity contribution in [1.29, 1.82) is 0 Å². The maximum Gasteiger partial charge on any atom is 0.220 e. The molecule has 1 saturated heterocycles. The number of aliphatic hydroxyl groups is 5. The molecule has 0 aromatic carbocycles. The first-order chi connectivity index (χ1) is 39.3. The van der Waals surface area contributed by atoms with E-state index in [9.17, 15) is 30.3 Å². The van der Waals surface area contributed by atoms with Gasteiger partial charge >= 0.3 is 0 Å². The Balaban J connectivity index is 2.10. The second kappa shape index (κ2) is 61.0. The summed E-state index contributed by atoms with van der Waals surface area (Å²) in [6, 6.07) is -0.802. The van der Waals surface area contributed by atoms with Crippen LogP contribution in [0.4, 0.5) is 0 Å². The van der Waals surface area contributed by atoms with E-state index in [1.807, 2.05) is 6.08 Å². The molecule has 1 rings (SSSR count). The number of aliphatic hydroxyl groups excluding tert-OH is 5. The maximum absolute atomic E-state index is 13.1. The van der Waals surface area contributed by atoms with Gasteiger partial charge in [-0.25, -0.2) is 0 Å². The smallest absolute Gasteiger partial charge is 0.220 e. The summed E-state index contributed by atoms with van der Waals surface area (Å²) in [5.74, 6) is -0.167. The topological polar surface area (TPSA) is 149 Å². The van der Waals surface area contributed by atoms with Crippen molar-refractivity contribution in [3.63, 3.8) is 0 Å². The lowest BCUT2D eigenvalue weighted by Crippen LogP contribution is -2.60. The second-order valence-electron chi connectivity index (χ2n) is 25.4. The van der Waals surface area contributed by atoms with E-state index >= 15 is 0 Å². The van der Waals surface area contributed by atoms with Crippen molar-refractivity contribution in [3.8, 4) is 0 Å². The van der Waals surface area contributed by atoms with Crippen molar-refractivity contribution in [1.82, 2.24) is 5.32 Å².